The van der Waals surface area contributed by atoms with E-state index in [1.165, 1.54) is 0 Å². The van der Waals surface area contributed by atoms with E-state index in [0.29, 0.717) is 11.1 Å². The predicted molar refractivity (Wildman–Crippen MR) is 83.2 cm³/mol. The average molecular weight is 284 g/mol. The van der Waals surface area contributed by atoms with E-state index in [0.717, 1.165) is 17.9 Å². The highest BCUT2D eigenvalue weighted by Gasteiger charge is 2.09. The monoisotopic (exact) mass is 284 g/mol. The Hall–Kier alpha value is -2.29. The summed E-state index contributed by atoms with van der Waals surface area (Å²) in [5.74, 6) is 1.52. The van der Waals surface area contributed by atoms with E-state index in [2.05, 4.69) is 6.92 Å². The molecule has 0 amide bonds. The summed E-state index contributed by atoms with van der Waals surface area (Å²) in [6, 6.07) is 14.4. The number of ketones is 1. The molecular weight excluding hydrogens is 264 g/mol. The zero-order valence-electron chi connectivity index (χ0n) is 12.6. The highest BCUT2D eigenvalue weighted by Crippen LogP contribution is 2.18. The Bertz CT molecular complexity index is 585. The van der Waals surface area contributed by atoms with E-state index in [4.69, 9.17) is 9.47 Å². The zero-order valence-corrected chi connectivity index (χ0v) is 12.6. The van der Waals surface area contributed by atoms with Gasteiger partial charge in [-0.3, -0.25) is 4.79 Å². The van der Waals surface area contributed by atoms with Gasteiger partial charge in [0.2, 0.25) is 0 Å². The first-order valence-electron chi connectivity index (χ1n) is 7.09. The molecule has 0 aliphatic carbocycles. The van der Waals surface area contributed by atoms with Gasteiger partial charge in [0.05, 0.1) is 13.2 Å². The summed E-state index contributed by atoms with van der Waals surface area (Å²) in [5, 5.41) is 0. The molecule has 0 spiro atoms. The van der Waals surface area contributed by atoms with Gasteiger partial charge < -0.3 is 9.47 Å². The van der Waals surface area contributed by atoms with Crippen molar-refractivity contribution in [1.82, 2.24) is 0 Å². The largest absolute Gasteiger partial charge is 0.497 e. The first kappa shape index (κ1) is 15.1. The molecule has 0 heterocycles. The van der Waals surface area contributed by atoms with Gasteiger partial charge in [-0.1, -0.05) is 6.92 Å². The molecule has 0 fully saturated rings. The predicted octanol–water partition coefficient (Wildman–Crippen LogP) is 4.10. The maximum absolute atomic E-state index is 12.4. The summed E-state index contributed by atoms with van der Waals surface area (Å²) in [5.41, 5.74) is 1.29. The van der Waals surface area contributed by atoms with Gasteiger partial charge in [0, 0.05) is 11.1 Å². The first-order chi connectivity index (χ1) is 10.1. The second kappa shape index (κ2) is 6.93. The molecule has 0 unspecified atom stereocenters. The fourth-order valence-electron chi connectivity index (χ4n) is 1.91. The number of rotatable bonds is 6. The quantitative estimate of drug-likeness (QED) is 0.749. The minimum absolute atomic E-state index is 0.00672. The molecule has 0 aliphatic rings. The van der Waals surface area contributed by atoms with Crippen LogP contribution in [0.3, 0.4) is 0 Å². The number of ether oxygens (including phenoxy) is 2. The first-order valence-corrected chi connectivity index (χ1v) is 7.09. The molecule has 0 radical (unpaired) electrons. The van der Waals surface area contributed by atoms with Crippen LogP contribution in [0.5, 0.6) is 11.5 Å². The summed E-state index contributed by atoms with van der Waals surface area (Å²) in [7, 11) is 1.60. The number of hydrogen-bond acceptors (Lipinski definition) is 3. The minimum Gasteiger partial charge on any atom is -0.497 e. The molecule has 0 bridgehead atoms. The molecular formula is C18H20O3. The van der Waals surface area contributed by atoms with Crippen molar-refractivity contribution in [3.63, 3.8) is 0 Å². The lowest BCUT2D eigenvalue weighted by Crippen LogP contribution is -2.09. The van der Waals surface area contributed by atoms with Crippen molar-refractivity contribution in [3.05, 3.63) is 59.7 Å². The molecule has 1 atom stereocenters. The molecule has 2 rings (SSSR count). The van der Waals surface area contributed by atoms with E-state index in [-0.39, 0.29) is 11.9 Å². The lowest BCUT2D eigenvalue weighted by Gasteiger charge is -2.12. The van der Waals surface area contributed by atoms with Crippen LogP contribution < -0.4 is 9.47 Å². The molecule has 21 heavy (non-hydrogen) atoms. The van der Waals surface area contributed by atoms with Crippen molar-refractivity contribution >= 4 is 5.78 Å². The topological polar surface area (TPSA) is 35.5 Å². The molecule has 0 aliphatic heterocycles. The molecule has 2 aromatic rings. The molecule has 0 N–H and O–H groups in total. The summed E-state index contributed by atoms with van der Waals surface area (Å²) >= 11 is 0. The normalized spacial score (nSPS) is 11.8. The summed E-state index contributed by atoms with van der Waals surface area (Å²) in [4.78, 5) is 12.4. The fourth-order valence-corrected chi connectivity index (χ4v) is 1.91. The SMILES string of the molecule is CC[C@@H](C)Oc1ccc(C(=O)c2ccc(OC)cc2)cc1. The van der Waals surface area contributed by atoms with Crippen LogP contribution in [-0.4, -0.2) is 19.0 Å². The fraction of sp³-hybridized carbons (Fsp3) is 0.278. The smallest absolute Gasteiger partial charge is 0.193 e. The Labute approximate surface area is 125 Å². The molecule has 2 aromatic carbocycles. The second-order valence-electron chi connectivity index (χ2n) is 4.92. The Kier molecular flexibility index (Phi) is 4.99. The third kappa shape index (κ3) is 3.85. The van der Waals surface area contributed by atoms with Crippen molar-refractivity contribution in [3.8, 4) is 11.5 Å². The highest BCUT2D eigenvalue weighted by molar-refractivity contribution is 6.09. The number of carbonyl (C=O) groups excluding carboxylic acids is 1. The molecule has 3 heteroatoms. The van der Waals surface area contributed by atoms with E-state index in [9.17, 15) is 4.79 Å². The van der Waals surface area contributed by atoms with Gasteiger partial charge in [-0.15, -0.1) is 0 Å². The number of methoxy groups -OCH3 is 1. The van der Waals surface area contributed by atoms with Crippen LogP contribution in [0.4, 0.5) is 0 Å². The molecule has 0 aromatic heterocycles. The molecule has 0 saturated carbocycles. The van der Waals surface area contributed by atoms with Crippen molar-refractivity contribution in [1.29, 1.82) is 0 Å². The van der Waals surface area contributed by atoms with Crippen LogP contribution in [0.2, 0.25) is 0 Å². The summed E-state index contributed by atoms with van der Waals surface area (Å²) < 4.78 is 10.8. The van der Waals surface area contributed by atoms with E-state index < -0.39 is 0 Å². The van der Waals surface area contributed by atoms with Crippen LogP contribution in [0.1, 0.15) is 36.2 Å². The van der Waals surface area contributed by atoms with Gasteiger partial charge in [0.25, 0.3) is 0 Å². The standard InChI is InChI=1S/C18H20O3/c1-4-13(2)21-17-11-7-15(8-12-17)18(19)14-5-9-16(20-3)10-6-14/h5-13H,4H2,1-3H3/t13-/m1/s1. The Morgan fingerprint density at radius 2 is 1.43 bits per heavy atom. The summed E-state index contributed by atoms with van der Waals surface area (Å²) in [6.45, 7) is 4.10. The van der Waals surface area contributed by atoms with Gasteiger partial charge in [-0.05, 0) is 61.9 Å². The van der Waals surface area contributed by atoms with E-state index >= 15 is 0 Å². The summed E-state index contributed by atoms with van der Waals surface area (Å²) in [6.07, 6.45) is 1.13. The van der Waals surface area contributed by atoms with Crippen molar-refractivity contribution in [2.24, 2.45) is 0 Å². The molecule has 3 nitrogen and oxygen atoms in total. The van der Waals surface area contributed by atoms with Gasteiger partial charge >= 0.3 is 0 Å². The number of carbonyl (C=O) groups is 1. The van der Waals surface area contributed by atoms with Crippen LogP contribution in [-0.2, 0) is 0 Å². The third-order valence-corrected chi connectivity index (χ3v) is 3.38. The van der Waals surface area contributed by atoms with E-state index in [1.54, 1.807) is 43.5 Å². The Balaban J connectivity index is 2.11. The second-order valence-corrected chi connectivity index (χ2v) is 4.92. The van der Waals surface area contributed by atoms with Crippen molar-refractivity contribution < 1.29 is 14.3 Å². The van der Waals surface area contributed by atoms with Gasteiger partial charge in [0.1, 0.15) is 11.5 Å². The number of benzene rings is 2. The minimum atomic E-state index is -0.00672. The highest BCUT2D eigenvalue weighted by atomic mass is 16.5. The third-order valence-electron chi connectivity index (χ3n) is 3.38. The number of hydrogen-bond donors (Lipinski definition) is 0. The van der Waals surface area contributed by atoms with Gasteiger partial charge in [-0.25, -0.2) is 0 Å². The lowest BCUT2D eigenvalue weighted by molar-refractivity contribution is 0.103. The average Bonchev–Trinajstić information content (AvgIpc) is 2.55. The molecule has 0 saturated heterocycles. The Morgan fingerprint density at radius 1 is 0.952 bits per heavy atom. The maximum Gasteiger partial charge on any atom is 0.193 e. The lowest BCUT2D eigenvalue weighted by atomic mass is 10.0. The van der Waals surface area contributed by atoms with Crippen LogP contribution >= 0.6 is 0 Å². The maximum atomic E-state index is 12.4. The van der Waals surface area contributed by atoms with Gasteiger partial charge in [-0.2, -0.15) is 0 Å². The van der Waals surface area contributed by atoms with Crippen LogP contribution in [0, 0.1) is 0 Å². The zero-order chi connectivity index (χ0) is 15.2. The van der Waals surface area contributed by atoms with Crippen molar-refractivity contribution in [2.75, 3.05) is 7.11 Å². The Morgan fingerprint density at radius 3 is 1.86 bits per heavy atom. The van der Waals surface area contributed by atoms with Crippen LogP contribution in [0.25, 0.3) is 0 Å². The molecule has 110 valence electrons. The van der Waals surface area contributed by atoms with E-state index in [1.807, 2.05) is 19.1 Å². The van der Waals surface area contributed by atoms with Crippen LogP contribution in [0.15, 0.2) is 48.5 Å². The van der Waals surface area contributed by atoms with Crippen molar-refractivity contribution in [2.45, 2.75) is 26.4 Å². The van der Waals surface area contributed by atoms with Gasteiger partial charge in [0.15, 0.2) is 5.78 Å².